The van der Waals surface area contributed by atoms with Gasteiger partial charge in [-0.2, -0.15) is 0 Å². The van der Waals surface area contributed by atoms with Crippen molar-refractivity contribution in [2.24, 2.45) is 17.8 Å². The fourth-order valence-corrected chi connectivity index (χ4v) is 3.14. The van der Waals surface area contributed by atoms with Crippen LogP contribution in [0.2, 0.25) is 0 Å². The van der Waals surface area contributed by atoms with Crippen molar-refractivity contribution in [1.29, 1.82) is 0 Å². The van der Waals surface area contributed by atoms with Gasteiger partial charge in [-0.15, -0.1) is 0 Å². The molecular formula is C30H60O6. The second-order valence-electron chi connectivity index (χ2n) is 10.7. The Morgan fingerprint density at radius 3 is 0.806 bits per heavy atom. The van der Waals surface area contributed by atoms with E-state index in [1.807, 2.05) is 0 Å². The van der Waals surface area contributed by atoms with Gasteiger partial charge in [-0.1, -0.05) is 99.3 Å². The van der Waals surface area contributed by atoms with Gasteiger partial charge in [-0.05, 0) is 37.0 Å². The predicted molar refractivity (Wildman–Crippen MR) is 150 cm³/mol. The van der Waals surface area contributed by atoms with Gasteiger partial charge in [-0.3, -0.25) is 14.4 Å². The normalized spacial score (nSPS) is 10.3. The number of unbranched alkanes of at least 4 members (excludes halogenated alkanes) is 6. The van der Waals surface area contributed by atoms with Gasteiger partial charge in [0.1, 0.15) is 0 Å². The van der Waals surface area contributed by atoms with Gasteiger partial charge in [0.2, 0.25) is 0 Å². The molecule has 0 amide bonds. The second-order valence-corrected chi connectivity index (χ2v) is 10.7. The molecule has 0 aliphatic heterocycles. The first-order chi connectivity index (χ1) is 16.9. The Bertz CT molecular complexity index is 428. The van der Waals surface area contributed by atoms with E-state index in [1.165, 1.54) is 78.6 Å². The molecule has 6 nitrogen and oxygen atoms in total. The molecule has 0 aromatic carbocycles. The molecule has 0 spiro atoms. The van der Waals surface area contributed by atoms with Crippen molar-refractivity contribution in [2.75, 3.05) is 19.8 Å². The zero-order valence-corrected chi connectivity index (χ0v) is 25.3. The van der Waals surface area contributed by atoms with E-state index < -0.39 is 0 Å². The van der Waals surface area contributed by atoms with Gasteiger partial charge in [0.05, 0.1) is 19.8 Å². The first-order valence-corrected chi connectivity index (χ1v) is 14.3. The second kappa shape index (κ2) is 29.6. The molecule has 0 N–H and O–H groups in total. The minimum absolute atomic E-state index is 0.168. The third kappa shape index (κ3) is 49.5. The number of hydrogen-bond donors (Lipinski definition) is 0. The maximum atomic E-state index is 10.4. The van der Waals surface area contributed by atoms with E-state index in [0.717, 1.165) is 37.0 Å². The van der Waals surface area contributed by atoms with E-state index in [1.54, 1.807) is 0 Å². The van der Waals surface area contributed by atoms with Crippen LogP contribution in [0, 0.1) is 17.8 Å². The Balaban J connectivity index is -0.000000454. The molecule has 36 heavy (non-hydrogen) atoms. The van der Waals surface area contributed by atoms with E-state index in [2.05, 4.69) is 41.5 Å². The van der Waals surface area contributed by atoms with Crippen molar-refractivity contribution < 1.29 is 28.6 Å². The van der Waals surface area contributed by atoms with Gasteiger partial charge >= 0.3 is 17.9 Å². The standard InChI is InChI=1S/3C10H20O2/c3*1-9(2)7-5-4-6-8-12-10(3)11/h3*9H,4-8H2,1-3H3. The van der Waals surface area contributed by atoms with Gasteiger partial charge in [0.25, 0.3) is 0 Å². The minimum Gasteiger partial charge on any atom is -0.466 e. The first kappa shape index (κ1) is 38.9. The van der Waals surface area contributed by atoms with E-state index in [4.69, 9.17) is 14.2 Å². The Hall–Kier alpha value is -1.59. The summed E-state index contributed by atoms with van der Waals surface area (Å²) in [7, 11) is 0. The lowest BCUT2D eigenvalue weighted by Gasteiger charge is -2.04. The maximum absolute atomic E-state index is 10.4. The average Bonchev–Trinajstić information content (AvgIpc) is 2.75. The van der Waals surface area contributed by atoms with Crippen LogP contribution in [0.3, 0.4) is 0 Å². The Kier molecular flexibility index (Phi) is 32.1. The van der Waals surface area contributed by atoms with Crippen LogP contribution >= 0.6 is 0 Å². The molecule has 0 unspecified atom stereocenters. The molecule has 0 atom stereocenters. The highest BCUT2D eigenvalue weighted by Gasteiger charge is 1.97. The quantitative estimate of drug-likeness (QED) is 0.104. The lowest BCUT2D eigenvalue weighted by atomic mass is 10.1. The van der Waals surface area contributed by atoms with Crippen molar-refractivity contribution in [3.63, 3.8) is 0 Å². The molecule has 0 aromatic rings. The summed E-state index contributed by atoms with van der Waals surface area (Å²) in [5.41, 5.74) is 0. The van der Waals surface area contributed by atoms with Crippen molar-refractivity contribution in [3.05, 3.63) is 0 Å². The summed E-state index contributed by atoms with van der Waals surface area (Å²) < 4.78 is 14.4. The summed E-state index contributed by atoms with van der Waals surface area (Å²) in [5, 5.41) is 0. The highest BCUT2D eigenvalue weighted by molar-refractivity contribution is 5.66. The average molecular weight is 517 g/mol. The molecule has 0 heterocycles. The molecule has 6 heteroatoms. The van der Waals surface area contributed by atoms with Gasteiger partial charge in [0, 0.05) is 20.8 Å². The number of carbonyl (C=O) groups excluding carboxylic acids is 3. The first-order valence-electron chi connectivity index (χ1n) is 14.3. The summed E-state index contributed by atoms with van der Waals surface area (Å²) in [6, 6.07) is 0. The van der Waals surface area contributed by atoms with E-state index in [-0.39, 0.29) is 17.9 Å². The monoisotopic (exact) mass is 516 g/mol. The topological polar surface area (TPSA) is 78.9 Å². The van der Waals surface area contributed by atoms with Gasteiger partial charge < -0.3 is 14.2 Å². The molecule has 216 valence electrons. The molecule has 0 aromatic heterocycles. The third-order valence-electron chi connectivity index (χ3n) is 5.19. The highest BCUT2D eigenvalue weighted by atomic mass is 16.5. The number of esters is 3. The van der Waals surface area contributed by atoms with Crippen LogP contribution in [0.15, 0.2) is 0 Å². The number of rotatable bonds is 18. The van der Waals surface area contributed by atoms with Crippen molar-refractivity contribution in [2.45, 2.75) is 139 Å². The summed E-state index contributed by atoms with van der Waals surface area (Å²) in [5.74, 6) is 1.87. The molecule has 0 bridgehead atoms. The summed E-state index contributed by atoms with van der Waals surface area (Å²) >= 11 is 0. The van der Waals surface area contributed by atoms with Crippen LogP contribution in [0.5, 0.6) is 0 Å². The van der Waals surface area contributed by atoms with E-state index >= 15 is 0 Å². The maximum Gasteiger partial charge on any atom is 0.302 e. The van der Waals surface area contributed by atoms with Crippen molar-refractivity contribution in [1.82, 2.24) is 0 Å². The highest BCUT2D eigenvalue weighted by Crippen LogP contribution is 2.09. The smallest absolute Gasteiger partial charge is 0.302 e. The molecule has 0 aliphatic carbocycles. The lowest BCUT2D eigenvalue weighted by molar-refractivity contribution is -0.142. The van der Waals surface area contributed by atoms with Crippen LogP contribution in [-0.4, -0.2) is 37.7 Å². The number of ether oxygens (including phenoxy) is 3. The van der Waals surface area contributed by atoms with E-state index in [9.17, 15) is 14.4 Å². The third-order valence-corrected chi connectivity index (χ3v) is 5.19. The molecule has 0 fully saturated rings. The van der Waals surface area contributed by atoms with Gasteiger partial charge in [0.15, 0.2) is 0 Å². The fraction of sp³-hybridized carbons (Fsp3) is 0.900. The predicted octanol–water partition coefficient (Wildman–Crippen LogP) is 8.30. The Morgan fingerprint density at radius 2 is 0.639 bits per heavy atom. The van der Waals surface area contributed by atoms with E-state index in [0.29, 0.717) is 19.8 Å². The van der Waals surface area contributed by atoms with Crippen LogP contribution < -0.4 is 0 Å². The number of hydrogen-bond acceptors (Lipinski definition) is 6. The molecule has 0 rings (SSSR count). The molecule has 0 aliphatic rings. The Morgan fingerprint density at radius 1 is 0.417 bits per heavy atom. The van der Waals surface area contributed by atoms with Crippen LogP contribution in [0.1, 0.15) is 139 Å². The Labute approximate surface area is 223 Å². The van der Waals surface area contributed by atoms with Crippen LogP contribution in [0.4, 0.5) is 0 Å². The number of carbonyl (C=O) groups is 3. The van der Waals surface area contributed by atoms with Crippen LogP contribution in [0.25, 0.3) is 0 Å². The summed E-state index contributed by atoms with van der Waals surface area (Å²) in [4.78, 5) is 31.1. The van der Waals surface area contributed by atoms with Crippen LogP contribution in [-0.2, 0) is 28.6 Å². The summed E-state index contributed by atoms with van der Waals surface area (Å²) in [6.07, 6.45) is 14.1. The zero-order chi connectivity index (χ0) is 28.2. The molecule has 0 saturated heterocycles. The molecule has 0 saturated carbocycles. The summed E-state index contributed by atoms with van der Waals surface area (Å²) in [6.45, 7) is 19.5. The van der Waals surface area contributed by atoms with Crippen molar-refractivity contribution in [3.8, 4) is 0 Å². The van der Waals surface area contributed by atoms with Crippen molar-refractivity contribution >= 4 is 17.9 Å². The zero-order valence-electron chi connectivity index (χ0n) is 25.3. The fourth-order valence-electron chi connectivity index (χ4n) is 3.14. The minimum atomic E-state index is -0.168. The van der Waals surface area contributed by atoms with Gasteiger partial charge in [-0.25, -0.2) is 0 Å². The molecular weight excluding hydrogens is 456 g/mol. The molecule has 0 radical (unpaired) electrons. The largest absolute Gasteiger partial charge is 0.466 e. The SMILES string of the molecule is CC(=O)OCCCCCC(C)C.CC(=O)OCCCCCC(C)C.CC(=O)OCCCCCC(C)C. The lowest BCUT2D eigenvalue weighted by Crippen LogP contribution is -2.00.